The summed E-state index contributed by atoms with van der Waals surface area (Å²) < 4.78 is 0.194. The van der Waals surface area contributed by atoms with Crippen LogP contribution in [0.4, 0.5) is 0 Å². The second kappa shape index (κ2) is 8.94. The molecule has 0 rings (SSSR count). The van der Waals surface area contributed by atoms with E-state index >= 15 is 0 Å². The molecule has 0 aromatic carbocycles. The summed E-state index contributed by atoms with van der Waals surface area (Å²) in [5, 5.41) is 6.50. The van der Waals surface area contributed by atoms with E-state index in [1.807, 2.05) is 0 Å². The first kappa shape index (κ1) is 9.48. The van der Waals surface area contributed by atoms with Gasteiger partial charge in [0.05, 0.1) is 0 Å². The molecule has 0 amide bonds. The SMILES string of the molecule is NC(=S)S.NO. The highest BCUT2D eigenvalue weighted by Gasteiger charge is 1.55. The zero-order valence-corrected chi connectivity index (χ0v) is 4.67. The van der Waals surface area contributed by atoms with E-state index in [1.165, 1.54) is 0 Å². The maximum atomic E-state index is 6.50. The Balaban J connectivity index is 0. The average molecular weight is 126 g/mol. The predicted molar refractivity (Wildman–Crippen MR) is 31.7 cm³/mol. The highest BCUT2D eigenvalue weighted by atomic mass is 32.1. The van der Waals surface area contributed by atoms with Crippen molar-refractivity contribution in [2.45, 2.75) is 0 Å². The fraction of sp³-hybridized carbons (Fsp3) is 0. The third-order valence-electron chi connectivity index (χ3n) is 0. The van der Waals surface area contributed by atoms with E-state index in [0.29, 0.717) is 0 Å². The van der Waals surface area contributed by atoms with Gasteiger partial charge in [0, 0.05) is 0 Å². The Labute approximate surface area is 46.7 Å². The van der Waals surface area contributed by atoms with Gasteiger partial charge in [-0.25, -0.2) is 5.90 Å². The first-order valence-corrected chi connectivity index (χ1v) is 1.83. The van der Waals surface area contributed by atoms with Crippen molar-refractivity contribution in [3.05, 3.63) is 0 Å². The van der Waals surface area contributed by atoms with Gasteiger partial charge in [0.1, 0.15) is 4.32 Å². The molecule has 0 aliphatic carbocycles. The lowest BCUT2D eigenvalue weighted by Crippen LogP contribution is -1.94. The molecule has 0 aromatic rings. The molecule has 0 spiro atoms. The van der Waals surface area contributed by atoms with Crippen LogP contribution in [-0.4, -0.2) is 9.53 Å². The summed E-state index contributed by atoms with van der Waals surface area (Å²) in [4.78, 5) is 0. The summed E-state index contributed by atoms with van der Waals surface area (Å²) in [6.07, 6.45) is 0. The van der Waals surface area contributed by atoms with Gasteiger partial charge in [0.15, 0.2) is 0 Å². The van der Waals surface area contributed by atoms with Crippen molar-refractivity contribution in [3.63, 3.8) is 0 Å². The van der Waals surface area contributed by atoms with Crippen molar-refractivity contribution in [2.24, 2.45) is 11.6 Å². The highest BCUT2D eigenvalue weighted by molar-refractivity contribution is 8.10. The number of thiocarbonyl (C=S) groups is 1. The lowest BCUT2D eigenvalue weighted by Gasteiger charge is -1.64. The van der Waals surface area contributed by atoms with E-state index in [2.05, 4.69) is 30.7 Å². The summed E-state index contributed by atoms with van der Waals surface area (Å²) in [5.41, 5.74) is 4.71. The minimum absolute atomic E-state index is 0.194. The van der Waals surface area contributed by atoms with Crippen LogP contribution in [-0.2, 0) is 0 Å². The van der Waals surface area contributed by atoms with Crippen LogP contribution in [0.3, 0.4) is 0 Å². The quantitative estimate of drug-likeness (QED) is 0.200. The van der Waals surface area contributed by atoms with E-state index in [9.17, 15) is 0 Å². The molecule has 5 N–H and O–H groups in total. The second-order valence-electron chi connectivity index (χ2n) is 0.338. The van der Waals surface area contributed by atoms with Gasteiger partial charge in [-0.05, 0) is 0 Å². The highest BCUT2D eigenvalue weighted by Crippen LogP contribution is 1.63. The molecule has 0 aliphatic rings. The maximum absolute atomic E-state index is 6.50. The molecular weight excluding hydrogens is 120 g/mol. The van der Waals surface area contributed by atoms with Gasteiger partial charge < -0.3 is 10.9 Å². The summed E-state index contributed by atoms with van der Waals surface area (Å²) in [7, 11) is 0. The molecular formula is CH6N2OS2. The van der Waals surface area contributed by atoms with Crippen LogP contribution in [0, 0.1) is 0 Å². The van der Waals surface area contributed by atoms with Crippen molar-refractivity contribution in [1.82, 2.24) is 0 Å². The van der Waals surface area contributed by atoms with Gasteiger partial charge in [-0.2, -0.15) is 0 Å². The molecule has 0 bridgehead atoms. The van der Waals surface area contributed by atoms with Gasteiger partial charge in [-0.15, -0.1) is 12.6 Å². The molecule has 5 heteroatoms. The molecule has 0 unspecified atom stereocenters. The van der Waals surface area contributed by atoms with Crippen molar-refractivity contribution in [2.75, 3.05) is 0 Å². The minimum Gasteiger partial charge on any atom is -0.385 e. The summed E-state index contributed by atoms with van der Waals surface area (Å²) in [6.45, 7) is 0. The Kier molecular flexibility index (Phi) is 14.1. The monoisotopic (exact) mass is 126 g/mol. The Morgan fingerprint density at radius 1 is 1.67 bits per heavy atom. The van der Waals surface area contributed by atoms with Crippen LogP contribution in [0.1, 0.15) is 0 Å². The standard InChI is InChI=1S/CH3NS2.H3NO/c2-1(3)4;1-2/h(H3,2,3,4);2H,1H2. The van der Waals surface area contributed by atoms with Crippen LogP contribution in [0.2, 0.25) is 0 Å². The van der Waals surface area contributed by atoms with E-state index in [-0.39, 0.29) is 4.32 Å². The molecule has 0 heterocycles. The van der Waals surface area contributed by atoms with Crippen LogP contribution < -0.4 is 11.6 Å². The lowest BCUT2D eigenvalue weighted by atomic mass is 11.5. The smallest absolute Gasteiger partial charge is 0.128 e. The topological polar surface area (TPSA) is 72.3 Å². The molecule has 0 saturated carbocycles. The van der Waals surface area contributed by atoms with E-state index in [4.69, 9.17) is 10.9 Å². The second-order valence-corrected chi connectivity index (χ2v) is 1.56. The van der Waals surface area contributed by atoms with E-state index in [0.717, 1.165) is 0 Å². The van der Waals surface area contributed by atoms with Gasteiger partial charge in [0.25, 0.3) is 0 Å². The lowest BCUT2D eigenvalue weighted by molar-refractivity contribution is 0.311. The predicted octanol–water partition coefficient (Wildman–Crippen LogP) is -0.506. The normalized spacial score (nSPS) is 5.17. The number of nitrogens with two attached hydrogens (primary N) is 2. The third kappa shape index (κ3) is 1620. The van der Waals surface area contributed by atoms with Crippen LogP contribution in [0.25, 0.3) is 0 Å². The maximum Gasteiger partial charge on any atom is 0.128 e. The first-order valence-electron chi connectivity index (χ1n) is 0.975. The summed E-state index contributed by atoms with van der Waals surface area (Å²) in [6, 6.07) is 0. The fourth-order valence-corrected chi connectivity index (χ4v) is 0. The molecule has 38 valence electrons. The fourth-order valence-electron chi connectivity index (χ4n) is 0. The zero-order chi connectivity index (χ0) is 5.58. The summed E-state index contributed by atoms with van der Waals surface area (Å²) >= 11 is 7.65. The molecule has 0 saturated heterocycles. The Morgan fingerprint density at radius 2 is 1.67 bits per heavy atom. The molecule has 0 fully saturated rings. The molecule has 3 nitrogen and oxygen atoms in total. The van der Waals surface area contributed by atoms with Gasteiger partial charge in [-0.1, -0.05) is 12.2 Å². The molecule has 0 atom stereocenters. The minimum atomic E-state index is 0.194. The number of hydrogen-bond donors (Lipinski definition) is 4. The van der Waals surface area contributed by atoms with Crippen LogP contribution in [0.5, 0.6) is 0 Å². The molecule has 6 heavy (non-hydrogen) atoms. The Morgan fingerprint density at radius 3 is 1.67 bits per heavy atom. The van der Waals surface area contributed by atoms with Gasteiger partial charge in [0.2, 0.25) is 0 Å². The number of hydrogen-bond acceptors (Lipinski definition) is 3. The summed E-state index contributed by atoms with van der Waals surface area (Å²) in [5.74, 6) is 3.50. The largest absolute Gasteiger partial charge is 0.385 e. The Hall–Kier alpha value is 0.160. The first-order chi connectivity index (χ1) is 2.73. The van der Waals surface area contributed by atoms with Crippen molar-refractivity contribution >= 4 is 29.2 Å². The van der Waals surface area contributed by atoms with Crippen molar-refractivity contribution in [3.8, 4) is 0 Å². The van der Waals surface area contributed by atoms with Gasteiger partial charge >= 0.3 is 0 Å². The number of thiol groups is 1. The number of rotatable bonds is 0. The molecule has 0 aromatic heterocycles. The van der Waals surface area contributed by atoms with Crippen molar-refractivity contribution in [1.29, 1.82) is 0 Å². The average Bonchev–Trinajstić information content (AvgIpc) is 1.41. The van der Waals surface area contributed by atoms with E-state index < -0.39 is 0 Å². The molecule has 0 radical (unpaired) electrons. The van der Waals surface area contributed by atoms with Crippen molar-refractivity contribution < 1.29 is 5.21 Å². The van der Waals surface area contributed by atoms with E-state index in [1.54, 1.807) is 0 Å². The van der Waals surface area contributed by atoms with Gasteiger partial charge in [-0.3, -0.25) is 0 Å². The van der Waals surface area contributed by atoms with Crippen LogP contribution in [0.15, 0.2) is 0 Å². The van der Waals surface area contributed by atoms with Crippen LogP contribution >= 0.6 is 24.8 Å². The Bertz CT molecular complexity index is 34.5. The third-order valence-corrected chi connectivity index (χ3v) is 0. The zero-order valence-electron chi connectivity index (χ0n) is 2.96. The molecule has 0 aliphatic heterocycles.